The highest BCUT2D eigenvalue weighted by Gasteiger charge is 2.10. The molecule has 1 rings (SSSR count). The maximum absolute atomic E-state index is 9.66. The molecule has 25 heavy (non-hydrogen) atoms. The zero-order chi connectivity index (χ0) is 18.7. The summed E-state index contributed by atoms with van der Waals surface area (Å²) in [6, 6.07) is 6.01. The molecule has 0 saturated heterocycles. The summed E-state index contributed by atoms with van der Waals surface area (Å²) in [5.41, 5.74) is 7.35. The Hall–Kier alpha value is -1.05. The molecule has 0 unspecified atom stereocenters. The van der Waals surface area contributed by atoms with E-state index in [1.165, 1.54) is 0 Å². The number of nitrogens with zero attached hydrogens (tertiary/aromatic N) is 3. The Balaban J connectivity index is 2.37. The number of aliphatic hydroxyl groups excluding tert-OH is 1. The summed E-state index contributed by atoms with van der Waals surface area (Å²) in [7, 11) is 4.22. The lowest BCUT2D eigenvalue weighted by molar-refractivity contribution is 0.194. The molecule has 0 bridgehead atoms. The number of nitrogens with two attached hydrogens (primary N) is 1. The van der Waals surface area contributed by atoms with Crippen molar-refractivity contribution < 1.29 is 5.11 Å². The van der Waals surface area contributed by atoms with Crippen LogP contribution in [0.25, 0.3) is 0 Å². The van der Waals surface area contributed by atoms with Gasteiger partial charge in [0.2, 0.25) is 0 Å². The van der Waals surface area contributed by atoms with E-state index in [2.05, 4.69) is 41.1 Å². The SMILES string of the molecule is C[C@H](O)c1cccc([C@H](C)NCCCN(CCCN)CCN(C)C)n1. The quantitative estimate of drug-likeness (QED) is 0.466. The van der Waals surface area contributed by atoms with Crippen molar-refractivity contribution in [2.75, 3.05) is 53.4 Å². The van der Waals surface area contributed by atoms with Crippen molar-refractivity contribution in [3.63, 3.8) is 0 Å². The summed E-state index contributed by atoms with van der Waals surface area (Å²) in [5.74, 6) is 0. The van der Waals surface area contributed by atoms with E-state index in [1.807, 2.05) is 18.2 Å². The van der Waals surface area contributed by atoms with Gasteiger partial charge in [0.05, 0.1) is 17.5 Å². The summed E-state index contributed by atoms with van der Waals surface area (Å²) in [5, 5.41) is 13.2. The van der Waals surface area contributed by atoms with E-state index in [0.717, 1.165) is 63.5 Å². The minimum absolute atomic E-state index is 0.179. The van der Waals surface area contributed by atoms with Gasteiger partial charge in [-0.25, -0.2) is 0 Å². The number of nitrogens with one attached hydrogen (secondary N) is 1. The van der Waals surface area contributed by atoms with Crippen molar-refractivity contribution in [2.24, 2.45) is 5.73 Å². The van der Waals surface area contributed by atoms with Gasteiger partial charge >= 0.3 is 0 Å². The molecule has 0 aromatic carbocycles. The highest BCUT2D eigenvalue weighted by atomic mass is 16.3. The summed E-state index contributed by atoms with van der Waals surface area (Å²) >= 11 is 0. The minimum Gasteiger partial charge on any atom is -0.387 e. The van der Waals surface area contributed by atoms with Gasteiger partial charge < -0.3 is 26.0 Å². The first-order valence-electron chi connectivity index (χ1n) is 9.39. The Bertz CT molecular complexity index is 467. The highest BCUT2D eigenvalue weighted by molar-refractivity contribution is 5.15. The average molecular weight is 352 g/mol. The fourth-order valence-electron chi connectivity index (χ4n) is 2.66. The third kappa shape index (κ3) is 9.28. The Morgan fingerprint density at radius 2 is 1.76 bits per heavy atom. The molecule has 0 aliphatic rings. The maximum atomic E-state index is 9.66. The zero-order valence-electron chi connectivity index (χ0n) is 16.4. The van der Waals surface area contributed by atoms with E-state index in [4.69, 9.17) is 5.73 Å². The fraction of sp³-hybridized carbons (Fsp3) is 0.737. The van der Waals surface area contributed by atoms with Crippen molar-refractivity contribution >= 4 is 0 Å². The predicted molar refractivity (Wildman–Crippen MR) is 105 cm³/mol. The van der Waals surface area contributed by atoms with Crippen LogP contribution in [0.1, 0.15) is 50.2 Å². The van der Waals surface area contributed by atoms with Crippen molar-refractivity contribution in [3.8, 4) is 0 Å². The van der Waals surface area contributed by atoms with E-state index in [1.54, 1.807) is 6.92 Å². The van der Waals surface area contributed by atoms with Crippen molar-refractivity contribution in [3.05, 3.63) is 29.6 Å². The second kappa shape index (κ2) is 12.3. The second-order valence-electron chi connectivity index (χ2n) is 6.98. The van der Waals surface area contributed by atoms with Gasteiger partial charge in [-0.05, 0) is 79.1 Å². The van der Waals surface area contributed by atoms with Crippen LogP contribution in [0.5, 0.6) is 0 Å². The first-order valence-corrected chi connectivity index (χ1v) is 9.39. The lowest BCUT2D eigenvalue weighted by Gasteiger charge is -2.24. The molecule has 0 aliphatic carbocycles. The summed E-state index contributed by atoms with van der Waals surface area (Å²) in [6.45, 7) is 9.86. The standard InChI is InChI=1S/C19H37N5O/c1-16(18-8-5-9-19(22-18)17(2)25)21-11-7-13-24(12-6-10-20)15-14-23(3)4/h5,8-9,16-17,21,25H,6-7,10-15,20H2,1-4H3/t16-,17-/m0/s1. The van der Waals surface area contributed by atoms with E-state index >= 15 is 0 Å². The summed E-state index contributed by atoms with van der Waals surface area (Å²) < 4.78 is 0. The molecular weight excluding hydrogens is 314 g/mol. The summed E-state index contributed by atoms with van der Waals surface area (Å²) in [4.78, 5) is 9.24. The van der Waals surface area contributed by atoms with E-state index in [-0.39, 0.29) is 6.04 Å². The molecule has 0 saturated carbocycles. The first kappa shape index (κ1) is 22.0. The van der Waals surface area contributed by atoms with Gasteiger partial charge in [0.25, 0.3) is 0 Å². The van der Waals surface area contributed by atoms with Crippen LogP contribution in [0.3, 0.4) is 0 Å². The van der Waals surface area contributed by atoms with Gasteiger partial charge in [0.1, 0.15) is 0 Å². The fourth-order valence-corrected chi connectivity index (χ4v) is 2.66. The molecular formula is C19H37N5O. The third-order valence-electron chi connectivity index (χ3n) is 4.31. The van der Waals surface area contributed by atoms with Crippen LogP contribution in [0.15, 0.2) is 18.2 Å². The van der Waals surface area contributed by atoms with Crippen LogP contribution in [0.4, 0.5) is 0 Å². The molecule has 1 heterocycles. The maximum Gasteiger partial charge on any atom is 0.0931 e. The highest BCUT2D eigenvalue weighted by Crippen LogP contribution is 2.14. The number of pyridine rings is 1. The molecule has 4 N–H and O–H groups in total. The lowest BCUT2D eigenvalue weighted by atomic mass is 10.1. The third-order valence-corrected chi connectivity index (χ3v) is 4.31. The molecule has 0 amide bonds. The zero-order valence-corrected chi connectivity index (χ0v) is 16.4. The van der Waals surface area contributed by atoms with Crippen LogP contribution in [0, 0.1) is 0 Å². The Morgan fingerprint density at radius 1 is 1.08 bits per heavy atom. The first-order chi connectivity index (χ1) is 11.9. The van der Waals surface area contributed by atoms with Gasteiger partial charge in [-0.15, -0.1) is 0 Å². The van der Waals surface area contributed by atoms with Gasteiger partial charge in [-0.2, -0.15) is 0 Å². The number of hydrogen-bond acceptors (Lipinski definition) is 6. The topological polar surface area (TPSA) is 77.6 Å². The molecule has 1 aromatic rings. The van der Waals surface area contributed by atoms with Gasteiger partial charge in [0, 0.05) is 19.1 Å². The normalized spacial score (nSPS) is 14.2. The number of aliphatic hydroxyl groups is 1. The lowest BCUT2D eigenvalue weighted by Crippen LogP contribution is -2.35. The van der Waals surface area contributed by atoms with E-state index < -0.39 is 6.10 Å². The van der Waals surface area contributed by atoms with E-state index in [9.17, 15) is 5.11 Å². The van der Waals surface area contributed by atoms with Gasteiger partial charge in [-0.3, -0.25) is 4.98 Å². The Morgan fingerprint density at radius 3 is 2.40 bits per heavy atom. The van der Waals surface area contributed by atoms with Crippen LogP contribution in [0.2, 0.25) is 0 Å². The number of hydrogen-bond donors (Lipinski definition) is 3. The van der Waals surface area contributed by atoms with Crippen LogP contribution in [-0.4, -0.2) is 73.3 Å². The number of likely N-dealkylation sites (N-methyl/N-ethyl adjacent to an activating group) is 1. The Kier molecular flexibility index (Phi) is 10.8. The number of aromatic nitrogens is 1. The molecule has 0 spiro atoms. The van der Waals surface area contributed by atoms with Gasteiger partial charge in [0.15, 0.2) is 0 Å². The van der Waals surface area contributed by atoms with Crippen LogP contribution in [-0.2, 0) is 0 Å². The molecule has 6 heteroatoms. The number of rotatable bonds is 13. The van der Waals surface area contributed by atoms with Crippen molar-refractivity contribution in [1.29, 1.82) is 0 Å². The minimum atomic E-state index is -0.528. The second-order valence-corrected chi connectivity index (χ2v) is 6.98. The molecule has 144 valence electrons. The van der Waals surface area contributed by atoms with Crippen molar-refractivity contribution in [1.82, 2.24) is 20.1 Å². The van der Waals surface area contributed by atoms with Gasteiger partial charge in [-0.1, -0.05) is 6.07 Å². The molecule has 1 aromatic heterocycles. The van der Waals surface area contributed by atoms with Crippen LogP contribution >= 0.6 is 0 Å². The average Bonchev–Trinajstić information content (AvgIpc) is 2.59. The molecule has 0 fully saturated rings. The largest absolute Gasteiger partial charge is 0.387 e. The molecule has 0 radical (unpaired) electrons. The predicted octanol–water partition coefficient (Wildman–Crippen LogP) is 1.39. The summed E-state index contributed by atoms with van der Waals surface area (Å²) in [6.07, 6.45) is 1.62. The van der Waals surface area contributed by atoms with Crippen molar-refractivity contribution in [2.45, 2.75) is 38.8 Å². The smallest absolute Gasteiger partial charge is 0.0931 e. The molecule has 2 atom stereocenters. The Labute approximate surface area is 153 Å². The van der Waals surface area contributed by atoms with E-state index in [0.29, 0.717) is 0 Å². The molecule has 0 aliphatic heterocycles. The monoisotopic (exact) mass is 351 g/mol. The molecule has 6 nitrogen and oxygen atoms in total. The van der Waals surface area contributed by atoms with Crippen LogP contribution < -0.4 is 11.1 Å².